The molecule has 1 aromatic rings. The first-order valence-corrected chi connectivity index (χ1v) is 7.18. The van der Waals surface area contributed by atoms with Gasteiger partial charge in [0.05, 0.1) is 6.61 Å². The van der Waals surface area contributed by atoms with Crippen LogP contribution in [0.4, 0.5) is 5.69 Å². The number of hydroxylamine groups is 1. The zero-order valence-electron chi connectivity index (χ0n) is 12.5. The van der Waals surface area contributed by atoms with E-state index in [0.29, 0.717) is 25.7 Å². The Balaban J connectivity index is 2.25. The van der Waals surface area contributed by atoms with E-state index in [-0.39, 0.29) is 12.5 Å². The number of rotatable bonds is 10. The molecule has 0 radical (unpaired) electrons. The smallest absolute Gasteiger partial charge is 0.272 e. The molecule has 3 N–H and O–H groups in total. The Morgan fingerprint density at radius 2 is 2.00 bits per heavy atom. The van der Waals surface area contributed by atoms with Gasteiger partial charge in [-0.1, -0.05) is 24.3 Å². The molecule has 120 valence electrons. The van der Waals surface area contributed by atoms with Gasteiger partial charge >= 0.3 is 0 Å². The fraction of sp³-hybridized carbons (Fsp3) is 0.375. The van der Waals surface area contributed by atoms with Crippen LogP contribution in [0.1, 0.15) is 25.7 Å². The summed E-state index contributed by atoms with van der Waals surface area (Å²) in [7, 11) is 0. The van der Waals surface area contributed by atoms with E-state index < -0.39 is 12.0 Å². The first-order valence-electron chi connectivity index (χ1n) is 7.18. The molecule has 0 aliphatic rings. The van der Waals surface area contributed by atoms with Crippen molar-refractivity contribution in [2.45, 2.75) is 31.8 Å². The molecule has 0 spiro atoms. The summed E-state index contributed by atoms with van der Waals surface area (Å²) < 4.78 is 5.26. The summed E-state index contributed by atoms with van der Waals surface area (Å²) in [6, 6.07) is 9.23. The van der Waals surface area contributed by atoms with Gasteiger partial charge in [-0.25, -0.2) is 5.48 Å². The largest absolute Gasteiger partial charge is 0.364 e. The van der Waals surface area contributed by atoms with Crippen molar-refractivity contribution in [2.75, 3.05) is 11.9 Å². The minimum absolute atomic E-state index is 0.0682. The van der Waals surface area contributed by atoms with Gasteiger partial charge < -0.3 is 10.1 Å². The molecule has 0 aliphatic heterocycles. The highest BCUT2D eigenvalue weighted by molar-refractivity contribution is 5.90. The summed E-state index contributed by atoms with van der Waals surface area (Å²) in [6.45, 7) is 3.73. The SMILES string of the molecule is C=CCOC(CCCCC(=O)Nc1ccccc1)C(=O)NO. The Bertz CT molecular complexity index is 476. The van der Waals surface area contributed by atoms with Gasteiger partial charge in [-0.15, -0.1) is 6.58 Å². The molecule has 1 rings (SSSR count). The highest BCUT2D eigenvalue weighted by Crippen LogP contribution is 2.10. The third kappa shape index (κ3) is 7.01. The van der Waals surface area contributed by atoms with Gasteiger partial charge in [0.2, 0.25) is 5.91 Å². The maximum Gasteiger partial charge on any atom is 0.272 e. The summed E-state index contributed by atoms with van der Waals surface area (Å²) in [6.07, 6.45) is 2.86. The minimum atomic E-state index is -0.736. The number of carbonyl (C=O) groups is 2. The number of nitrogens with one attached hydrogen (secondary N) is 2. The van der Waals surface area contributed by atoms with Crippen LogP contribution in [0.15, 0.2) is 43.0 Å². The average molecular weight is 306 g/mol. The Hall–Kier alpha value is -2.18. The third-order valence-corrected chi connectivity index (χ3v) is 3.00. The maximum absolute atomic E-state index is 11.7. The fourth-order valence-corrected chi connectivity index (χ4v) is 1.91. The Morgan fingerprint density at radius 3 is 2.64 bits per heavy atom. The quantitative estimate of drug-likeness (QED) is 0.268. The molecule has 1 atom stereocenters. The Morgan fingerprint density at radius 1 is 1.27 bits per heavy atom. The van der Waals surface area contributed by atoms with Crippen molar-refractivity contribution in [3.8, 4) is 0 Å². The van der Waals surface area contributed by atoms with Gasteiger partial charge in [-0.05, 0) is 31.4 Å². The molecule has 1 unspecified atom stereocenters. The molecule has 6 nitrogen and oxygen atoms in total. The zero-order valence-corrected chi connectivity index (χ0v) is 12.5. The molecule has 1 aromatic carbocycles. The number of carbonyl (C=O) groups excluding carboxylic acids is 2. The van der Waals surface area contributed by atoms with E-state index in [0.717, 1.165) is 5.69 Å². The summed E-state index contributed by atoms with van der Waals surface area (Å²) >= 11 is 0. The molecule has 6 heteroatoms. The number of anilines is 1. The lowest BCUT2D eigenvalue weighted by Gasteiger charge is -2.14. The van der Waals surface area contributed by atoms with E-state index in [1.807, 2.05) is 30.3 Å². The van der Waals surface area contributed by atoms with E-state index in [9.17, 15) is 9.59 Å². The van der Waals surface area contributed by atoms with Crippen molar-refractivity contribution in [1.29, 1.82) is 0 Å². The fourth-order valence-electron chi connectivity index (χ4n) is 1.91. The molecular weight excluding hydrogens is 284 g/mol. The number of hydrogen-bond acceptors (Lipinski definition) is 4. The average Bonchev–Trinajstić information content (AvgIpc) is 2.54. The van der Waals surface area contributed by atoms with Crippen LogP contribution in [0, 0.1) is 0 Å². The van der Waals surface area contributed by atoms with Crippen molar-refractivity contribution in [3.63, 3.8) is 0 Å². The van der Waals surface area contributed by atoms with Gasteiger partial charge in [0.25, 0.3) is 5.91 Å². The second-order valence-corrected chi connectivity index (χ2v) is 4.75. The molecule has 2 amide bonds. The van der Waals surface area contributed by atoms with Crippen LogP contribution in [0.25, 0.3) is 0 Å². The van der Waals surface area contributed by atoms with Crippen LogP contribution in [-0.4, -0.2) is 29.7 Å². The second kappa shape index (κ2) is 10.5. The van der Waals surface area contributed by atoms with Crippen molar-refractivity contribution >= 4 is 17.5 Å². The predicted octanol–water partition coefficient (Wildman–Crippen LogP) is 2.26. The standard InChI is InChI=1S/C16H22N2O4/c1-2-12-22-14(16(20)18-21)10-6-7-11-15(19)17-13-8-4-3-5-9-13/h2-5,8-9,14,21H,1,6-7,10-12H2,(H,17,19)(H,18,20). The molecule has 0 aromatic heterocycles. The van der Waals surface area contributed by atoms with Crippen molar-refractivity contribution in [2.24, 2.45) is 0 Å². The van der Waals surface area contributed by atoms with Crippen LogP contribution in [0.2, 0.25) is 0 Å². The van der Waals surface area contributed by atoms with E-state index in [4.69, 9.17) is 9.94 Å². The van der Waals surface area contributed by atoms with Crippen LogP contribution < -0.4 is 10.8 Å². The van der Waals surface area contributed by atoms with Gasteiger partial charge in [0, 0.05) is 12.1 Å². The second-order valence-electron chi connectivity index (χ2n) is 4.75. The monoisotopic (exact) mass is 306 g/mol. The number of benzene rings is 1. The van der Waals surface area contributed by atoms with Crippen molar-refractivity contribution < 1.29 is 19.5 Å². The number of para-hydroxylation sites is 1. The summed E-state index contributed by atoms with van der Waals surface area (Å²) in [5.74, 6) is -0.656. The van der Waals surface area contributed by atoms with Crippen molar-refractivity contribution in [1.82, 2.24) is 5.48 Å². The molecule has 0 bridgehead atoms. The third-order valence-electron chi connectivity index (χ3n) is 3.00. The maximum atomic E-state index is 11.7. The molecule has 0 saturated carbocycles. The van der Waals surface area contributed by atoms with Crippen LogP contribution >= 0.6 is 0 Å². The van der Waals surface area contributed by atoms with Gasteiger partial charge in [0.1, 0.15) is 6.10 Å². The molecule has 22 heavy (non-hydrogen) atoms. The highest BCUT2D eigenvalue weighted by Gasteiger charge is 2.17. The van der Waals surface area contributed by atoms with Crippen LogP contribution in [0.3, 0.4) is 0 Å². The normalized spacial score (nSPS) is 11.5. The number of unbranched alkanes of at least 4 members (excludes halogenated alkanes) is 1. The molecule has 0 fully saturated rings. The van der Waals surface area contributed by atoms with E-state index >= 15 is 0 Å². The molecule has 0 saturated heterocycles. The van der Waals surface area contributed by atoms with E-state index in [1.54, 1.807) is 5.48 Å². The Kier molecular flexibility index (Phi) is 8.56. The number of hydrogen-bond donors (Lipinski definition) is 3. The van der Waals surface area contributed by atoms with Gasteiger partial charge in [-0.3, -0.25) is 14.8 Å². The number of ether oxygens (including phenoxy) is 1. The summed E-state index contributed by atoms with van der Waals surface area (Å²) in [4.78, 5) is 23.1. The highest BCUT2D eigenvalue weighted by atomic mass is 16.5. The molecular formula is C16H22N2O4. The predicted molar refractivity (Wildman–Crippen MR) is 83.4 cm³/mol. The van der Waals surface area contributed by atoms with Crippen LogP contribution in [-0.2, 0) is 14.3 Å². The van der Waals surface area contributed by atoms with Crippen molar-refractivity contribution in [3.05, 3.63) is 43.0 Å². The lowest BCUT2D eigenvalue weighted by molar-refractivity contribution is -0.141. The lowest BCUT2D eigenvalue weighted by Crippen LogP contribution is -2.34. The Labute approximate surface area is 130 Å². The zero-order chi connectivity index (χ0) is 16.2. The lowest BCUT2D eigenvalue weighted by atomic mass is 10.1. The first-order chi connectivity index (χ1) is 10.7. The van der Waals surface area contributed by atoms with Gasteiger partial charge in [0.15, 0.2) is 0 Å². The van der Waals surface area contributed by atoms with E-state index in [1.165, 1.54) is 6.08 Å². The van der Waals surface area contributed by atoms with E-state index in [2.05, 4.69) is 11.9 Å². The molecule has 0 aliphatic carbocycles. The molecule has 0 heterocycles. The summed E-state index contributed by atoms with van der Waals surface area (Å²) in [5.41, 5.74) is 2.34. The summed E-state index contributed by atoms with van der Waals surface area (Å²) in [5, 5.41) is 11.4. The number of amides is 2. The van der Waals surface area contributed by atoms with Crippen LogP contribution in [0.5, 0.6) is 0 Å². The topological polar surface area (TPSA) is 87.7 Å². The minimum Gasteiger partial charge on any atom is -0.364 e. The van der Waals surface area contributed by atoms with Gasteiger partial charge in [-0.2, -0.15) is 0 Å². The first kappa shape index (κ1) is 17.9.